The van der Waals surface area contributed by atoms with Gasteiger partial charge in [-0.15, -0.1) is 0 Å². The van der Waals surface area contributed by atoms with Crippen molar-refractivity contribution in [3.8, 4) is 0 Å². The zero-order valence-corrected chi connectivity index (χ0v) is 12.2. The van der Waals surface area contributed by atoms with Gasteiger partial charge in [0.15, 0.2) is 0 Å². The molecule has 0 atom stereocenters. The van der Waals surface area contributed by atoms with Gasteiger partial charge in [-0.25, -0.2) is 4.39 Å². The van der Waals surface area contributed by atoms with Crippen molar-refractivity contribution < 1.29 is 4.39 Å². The molecule has 0 radical (unpaired) electrons. The minimum atomic E-state index is -0.153. The van der Waals surface area contributed by atoms with Gasteiger partial charge in [0.25, 0.3) is 0 Å². The Morgan fingerprint density at radius 2 is 1.95 bits per heavy atom. The quantitative estimate of drug-likeness (QED) is 0.892. The van der Waals surface area contributed by atoms with Gasteiger partial charge in [0.1, 0.15) is 5.82 Å². The van der Waals surface area contributed by atoms with Crippen LogP contribution in [0.5, 0.6) is 0 Å². The summed E-state index contributed by atoms with van der Waals surface area (Å²) in [6.07, 6.45) is 2.28. The first-order chi connectivity index (χ1) is 9.02. The number of hydrogen-bond donors (Lipinski definition) is 1. The molecule has 1 heterocycles. The number of nitrogens with zero attached hydrogens (tertiary/aromatic N) is 1. The summed E-state index contributed by atoms with van der Waals surface area (Å²) < 4.78 is 13.3. The molecule has 1 fully saturated rings. The van der Waals surface area contributed by atoms with E-state index in [1.165, 1.54) is 6.54 Å². The monoisotopic (exact) mass is 264 g/mol. The van der Waals surface area contributed by atoms with Crippen molar-refractivity contribution in [3.05, 3.63) is 29.6 Å². The minimum Gasteiger partial charge on any atom is -0.382 e. The largest absolute Gasteiger partial charge is 0.382 e. The van der Waals surface area contributed by atoms with Crippen LogP contribution < -0.4 is 5.32 Å². The van der Waals surface area contributed by atoms with Crippen LogP contribution in [0.1, 0.15) is 32.3 Å². The van der Waals surface area contributed by atoms with Crippen molar-refractivity contribution in [2.45, 2.75) is 39.7 Å². The summed E-state index contributed by atoms with van der Waals surface area (Å²) in [6.45, 7) is 9.93. The highest BCUT2D eigenvalue weighted by Gasteiger charge is 2.19. The molecule has 0 aliphatic carbocycles. The van der Waals surface area contributed by atoms with E-state index in [1.807, 2.05) is 13.0 Å². The predicted molar refractivity (Wildman–Crippen MR) is 79.1 cm³/mol. The fraction of sp³-hybridized carbons (Fsp3) is 0.625. The van der Waals surface area contributed by atoms with E-state index in [0.717, 1.165) is 43.1 Å². The van der Waals surface area contributed by atoms with Crippen molar-refractivity contribution >= 4 is 5.69 Å². The lowest BCUT2D eigenvalue weighted by Gasteiger charge is -2.33. The Morgan fingerprint density at radius 3 is 2.53 bits per heavy atom. The van der Waals surface area contributed by atoms with Crippen molar-refractivity contribution in [2.24, 2.45) is 5.92 Å². The molecule has 19 heavy (non-hydrogen) atoms. The number of rotatable bonds is 4. The second-order valence-corrected chi connectivity index (χ2v) is 6.13. The number of piperidine rings is 1. The Morgan fingerprint density at radius 1 is 1.26 bits per heavy atom. The molecule has 2 rings (SSSR count). The Balaban J connectivity index is 1.85. The highest BCUT2D eigenvalue weighted by Crippen LogP contribution is 2.19. The third kappa shape index (κ3) is 4.50. The maximum Gasteiger partial charge on any atom is 0.125 e. The molecule has 1 aliphatic rings. The maximum atomic E-state index is 13.3. The molecule has 0 aromatic heterocycles. The molecular formula is C16H25FN2. The lowest BCUT2D eigenvalue weighted by atomic mass is 10.0. The molecule has 1 N–H and O–H groups in total. The molecule has 0 saturated carbocycles. The zero-order chi connectivity index (χ0) is 13.8. The van der Waals surface area contributed by atoms with E-state index in [0.29, 0.717) is 6.04 Å². The van der Waals surface area contributed by atoms with Gasteiger partial charge in [-0.05, 0) is 49.4 Å². The Kier molecular flexibility index (Phi) is 4.81. The fourth-order valence-electron chi connectivity index (χ4n) is 2.83. The highest BCUT2D eigenvalue weighted by molar-refractivity contribution is 5.46. The van der Waals surface area contributed by atoms with Crippen molar-refractivity contribution in [3.63, 3.8) is 0 Å². The van der Waals surface area contributed by atoms with E-state index in [-0.39, 0.29) is 5.82 Å². The van der Waals surface area contributed by atoms with Crippen LogP contribution >= 0.6 is 0 Å². The van der Waals surface area contributed by atoms with Crippen LogP contribution in [0.2, 0.25) is 0 Å². The summed E-state index contributed by atoms with van der Waals surface area (Å²) in [5.74, 6) is 0.579. The van der Waals surface area contributed by atoms with Crippen LogP contribution in [0.15, 0.2) is 18.2 Å². The van der Waals surface area contributed by atoms with E-state index in [1.54, 1.807) is 12.1 Å². The number of anilines is 1. The van der Waals surface area contributed by atoms with Gasteiger partial charge in [-0.1, -0.05) is 13.8 Å². The Bertz CT molecular complexity index is 389. The first-order valence-corrected chi connectivity index (χ1v) is 7.29. The summed E-state index contributed by atoms with van der Waals surface area (Å²) in [5, 5.41) is 3.47. The number of aryl methyl sites for hydroxylation is 1. The molecular weight excluding hydrogens is 239 g/mol. The van der Waals surface area contributed by atoms with E-state index in [9.17, 15) is 4.39 Å². The number of hydrogen-bond acceptors (Lipinski definition) is 2. The van der Waals surface area contributed by atoms with Crippen LogP contribution in [0, 0.1) is 18.7 Å². The molecule has 1 aliphatic heterocycles. The lowest BCUT2D eigenvalue weighted by Crippen LogP contribution is -2.40. The van der Waals surface area contributed by atoms with Crippen LogP contribution in [-0.4, -0.2) is 30.6 Å². The maximum absolute atomic E-state index is 13.3. The first-order valence-electron chi connectivity index (χ1n) is 7.29. The van der Waals surface area contributed by atoms with E-state index in [4.69, 9.17) is 0 Å². The molecule has 0 bridgehead atoms. The van der Waals surface area contributed by atoms with Gasteiger partial charge in [0.05, 0.1) is 0 Å². The predicted octanol–water partition coefficient (Wildman–Crippen LogP) is 3.67. The molecule has 0 spiro atoms. The normalized spacial score (nSPS) is 17.9. The van der Waals surface area contributed by atoms with Gasteiger partial charge in [0, 0.05) is 31.4 Å². The van der Waals surface area contributed by atoms with Gasteiger partial charge in [0.2, 0.25) is 0 Å². The van der Waals surface area contributed by atoms with Crippen LogP contribution in [0.25, 0.3) is 0 Å². The van der Waals surface area contributed by atoms with Crippen molar-refractivity contribution in [1.29, 1.82) is 0 Å². The van der Waals surface area contributed by atoms with Gasteiger partial charge in [-0.2, -0.15) is 0 Å². The SMILES string of the molecule is Cc1cc(F)cc(NC2CCN(CC(C)C)CC2)c1. The number of nitrogens with one attached hydrogen (secondary N) is 1. The lowest BCUT2D eigenvalue weighted by molar-refractivity contribution is 0.198. The van der Waals surface area contributed by atoms with Crippen molar-refractivity contribution in [1.82, 2.24) is 4.90 Å². The summed E-state index contributed by atoms with van der Waals surface area (Å²) in [4.78, 5) is 2.53. The van der Waals surface area contributed by atoms with Gasteiger partial charge in [-0.3, -0.25) is 0 Å². The molecule has 1 aromatic carbocycles. The number of likely N-dealkylation sites (tertiary alicyclic amines) is 1. The van der Waals surface area contributed by atoms with Crippen LogP contribution in [0.3, 0.4) is 0 Å². The first kappa shape index (κ1) is 14.3. The fourth-order valence-corrected chi connectivity index (χ4v) is 2.83. The molecule has 2 nitrogen and oxygen atoms in total. The summed E-state index contributed by atoms with van der Waals surface area (Å²) >= 11 is 0. The zero-order valence-electron chi connectivity index (χ0n) is 12.2. The second kappa shape index (κ2) is 6.38. The van der Waals surface area contributed by atoms with E-state index >= 15 is 0 Å². The topological polar surface area (TPSA) is 15.3 Å². The summed E-state index contributed by atoms with van der Waals surface area (Å²) in [5.41, 5.74) is 1.89. The van der Waals surface area contributed by atoms with Gasteiger partial charge < -0.3 is 10.2 Å². The van der Waals surface area contributed by atoms with Gasteiger partial charge >= 0.3 is 0 Å². The van der Waals surface area contributed by atoms with Crippen LogP contribution in [-0.2, 0) is 0 Å². The van der Waals surface area contributed by atoms with E-state index < -0.39 is 0 Å². The smallest absolute Gasteiger partial charge is 0.125 e. The molecule has 3 heteroatoms. The standard InChI is InChI=1S/C16H25FN2/c1-12(2)11-19-6-4-15(5-7-19)18-16-9-13(3)8-14(17)10-16/h8-10,12,15,18H,4-7,11H2,1-3H3. The average Bonchev–Trinajstić information content (AvgIpc) is 2.29. The molecule has 106 valence electrons. The Hall–Kier alpha value is -1.09. The third-order valence-electron chi connectivity index (χ3n) is 3.62. The third-order valence-corrected chi connectivity index (χ3v) is 3.62. The highest BCUT2D eigenvalue weighted by atomic mass is 19.1. The summed E-state index contributed by atoms with van der Waals surface area (Å²) in [7, 11) is 0. The minimum absolute atomic E-state index is 0.153. The molecule has 0 unspecified atom stereocenters. The van der Waals surface area contributed by atoms with E-state index in [2.05, 4.69) is 24.1 Å². The molecule has 1 aromatic rings. The number of halogens is 1. The second-order valence-electron chi connectivity index (χ2n) is 6.13. The molecule has 1 saturated heterocycles. The van der Waals surface area contributed by atoms with Crippen LogP contribution in [0.4, 0.5) is 10.1 Å². The molecule has 0 amide bonds. The average molecular weight is 264 g/mol. The van der Waals surface area contributed by atoms with Crippen molar-refractivity contribution in [2.75, 3.05) is 25.0 Å². The Labute approximate surface area is 116 Å². The number of benzene rings is 1. The summed E-state index contributed by atoms with van der Waals surface area (Å²) in [6, 6.07) is 5.65.